The van der Waals surface area contributed by atoms with Gasteiger partial charge in [-0.25, -0.2) is 4.90 Å². The first-order valence-electron chi connectivity index (χ1n) is 10.1. The molecular weight excluding hydrogens is 449 g/mol. The lowest BCUT2D eigenvalue weighted by Crippen LogP contribution is -2.32. The number of ether oxygens (including phenoxy) is 2. The van der Waals surface area contributed by atoms with E-state index < -0.39 is 23.6 Å². The Balaban J connectivity index is 1.85. The van der Waals surface area contributed by atoms with Crippen LogP contribution < -0.4 is 19.7 Å². The molecule has 1 aliphatic heterocycles. The highest BCUT2D eigenvalue weighted by atomic mass is 19.4. The molecule has 174 valence electrons. The van der Waals surface area contributed by atoms with Crippen LogP contribution in [0.2, 0.25) is 0 Å². The number of imide groups is 1. The molecule has 0 fully saturated rings. The lowest BCUT2D eigenvalue weighted by Gasteiger charge is -2.16. The van der Waals surface area contributed by atoms with Gasteiger partial charge in [0.2, 0.25) is 0 Å². The van der Waals surface area contributed by atoms with E-state index in [0.29, 0.717) is 17.1 Å². The second-order valence-electron chi connectivity index (χ2n) is 7.30. The number of benzene rings is 3. The van der Waals surface area contributed by atoms with Crippen molar-refractivity contribution in [2.45, 2.75) is 6.18 Å². The fourth-order valence-corrected chi connectivity index (χ4v) is 3.65. The number of carbonyl (C=O) groups is 2. The molecule has 4 rings (SSSR count). The van der Waals surface area contributed by atoms with Gasteiger partial charge >= 0.3 is 6.18 Å². The van der Waals surface area contributed by atoms with Crippen LogP contribution in [0.25, 0.3) is 5.57 Å². The monoisotopic (exact) mass is 468 g/mol. The maximum absolute atomic E-state index is 13.5. The summed E-state index contributed by atoms with van der Waals surface area (Å²) in [4.78, 5) is 28.0. The first-order chi connectivity index (χ1) is 16.2. The first kappa shape index (κ1) is 22.9. The number of amides is 2. The number of carbonyl (C=O) groups excluding carboxylic acids is 2. The predicted octanol–water partition coefficient (Wildman–Crippen LogP) is 5.12. The number of anilines is 2. The van der Waals surface area contributed by atoms with E-state index >= 15 is 0 Å². The topological polar surface area (TPSA) is 67.9 Å². The molecule has 3 aromatic carbocycles. The molecule has 0 aliphatic carbocycles. The zero-order valence-corrected chi connectivity index (χ0v) is 18.1. The lowest BCUT2D eigenvalue weighted by molar-refractivity contribution is -0.137. The van der Waals surface area contributed by atoms with Gasteiger partial charge in [-0.1, -0.05) is 30.3 Å². The van der Waals surface area contributed by atoms with Crippen molar-refractivity contribution in [1.29, 1.82) is 0 Å². The summed E-state index contributed by atoms with van der Waals surface area (Å²) < 4.78 is 50.2. The Kier molecular flexibility index (Phi) is 6.02. The number of alkyl halides is 3. The maximum atomic E-state index is 13.5. The second kappa shape index (κ2) is 8.93. The van der Waals surface area contributed by atoms with E-state index in [0.717, 1.165) is 17.0 Å². The highest BCUT2D eigenvalue weighted by Crippen LogP contribution is 2.38. The lowest BCUT2D eigenvalue weighted by atomic mass is 10.0. The molecule has 0 unspecified atom stereocenters. The molecule has 34 heavy (non-hydrogen) atoms. The molecule has 0 radical (unpaired) electrons. The number of methoxy groups -OCH3 is 2. The van der Waals surface area contributed by atoms with Crippen molar-refractivity contribution in [1.82, 2.24) is 0 Å². The van der Waals surface area contributed by atoms with Crippen LogP contribution >= 0.6 is 0 Å². The summed E-state index contributed by atoms with van der Waals surface area (Å²) in [6.07, 6.45) is -4.57. The van der Waals surface area contributed by atoms with E-state index in [-0.39, 0.29) is 22.6 Å². The van der Waals surface area contributed by atoms with E-state index in [1.807, 2.05) is 0 Å². The minimum atomic E-state index is -4.57. The molecule has 3 aromatic rings. The van der Waals surface area contributed by atoms with Crippen LogP contribution in [0.15, 0.2) is 78.5 Å². The Morgan fingerprint density at radius 2 is 1.56 bits per heavy atom. The van der Waals surface area contributed by atoms with E-state index in [1.165, 1.54) is 32.4 Å². The highest BCUT2D eigenvalue weighted by Gasteiger charge is 2.41. The minimum absolute atomic E-state index is 0.00543. The van der Waals surface area contributed by atoms with E-state index in [1.54, 1.807) is 42.5 Å². The van der Waals surface area contributed by atoms with Gasteiger partial charge in [-0.15, -0.1) is 0 Å². The van der Waals surface area contributed by atoms with Crippen molar-refractivity contribution in [2.75, 3.05) is 24.4 Å². The van der Waals surface area contributed by atoms with E-state index in [2.05, 4.69) is 5.32 Å². The van der Waals surface area contributed by atoms with E-state index in [9.17, 15) is 22.8 Å². The number of nitrogens with one attached hydrogen (secondary N) is 1. The molecule has 0 aromatic heterocycles. The molecule has 6 nitrogen and oxygen atoms in total. The average Bonchev–Trinajstić information content (AvgIpc) is 3.07. The third-order valence-corrected chi connectivity index (χ3v) is 5.23. The quantitative estimate of drug-likeness (QED) is 0.509. The summed E-state index contributed by atoms with van der Waals surface area (Å²) in [7, 11) is 2.87. The Morgan fingerprint density at radius 1 is 0.824 bits per heavy atom. The second-order valence-corrected chi connectivity index (χ2v) is 7.30. The molecule has 1 heterocycles. The summed E-state index contributed by atoms with van der Waals surface area (Å²) in [5.74, 6) is -0.625. The molecule has 0 bridgehead atoms. The van der Waals surface area contributed by atoms with Crippen molar-refractivity contribution in [3.05, 3.63) is 89.6 Å². The summed E-state index contributed by atoms with van der Waals surface area (Å²) in [5.41, 5.74) is -0.505. The molecule has 2 amide bonds. The van der Waals surface area contributed by atoms with Crippen LogP contribution in [0.3, 0.4) is 0 Å². The van der Waals surface area contributed by atoms with Crippen molar-refractivity contribution in [3.63, 3.8) is 0 Å². The van der Waals surface area contributed by atoms with Crippen LogP contribution in [-0.2, 0) is 15.8 Å². The highest BCUT2D eigenvalue weighted by molar-refractivity contribution is 6.46. The van der Waals surface area contributed by atoms with Gasteiger partial charge in [-0.2, -0.15) is 13.2 Å². The molecule has 0 atom stereocenters. The molecule has 0 spiro atoms. The number of nitrogens with zero attached hydrogens (tertiary/aromatic N) is 1. The Morgan fingerprint density at radius 3 is 2.26 bits per heavy atom. The third-order valence-electron chi connectivity index (χ3n) is 5.23. The maximum Gasteiger partial charge on any atom is 0.416 e. The van der Waals surface area contributed by atoms with Gasteiger partial charge < -0.3 is 14.8 Å². The Labute approximate surface area is 193 Å². The summed E-state index contributed by atoms with van der Waals surface area (Å²) in [6.45, 7) is 0. The fraction of sp³-hybridized carbons (Fsp3) is 0.120. The number of hydrogen-bond acceptors (Lipinski definition) is 5. The summed E-state index contributed by atoms with van der Waals surface area (Å²) >= 11 is 0. The van der Waals surface area contributed by atoms with Gasteiger partial charge in [0.05, 0.1) is 31.0 Å². The molecule has 0 saturated carbocycles. The number of hydrogen-bond donors (Lipinski definition) is 1. The van der Waals surface area contributed by atoms with Crippen LogP contribution in [0.5, 0.6) is 11.5 Å². The van der Waals surface area contributed by atoms with Crippen molar-refractivity contribution >= 4 is 28.8 Å². The van der Waals surface area contributed by atoms with Gasteiger partial charge in [-0.05, 0) is 36.4 Å². The fourth-order valence-electron chi connectivity index (χ4n) is 3.65. The average molecular weight is 468 g/mol. The van der Waals surface area contributed by atoms with Gasteiger partial charge in [0, 0.05) is 17.3 Å². The molecule has 1 aliphatic rings. The van der Waals surface area contributed by atoms with Crippen molar-refractivity contribution < 1.29 is 32.2 Å². The van der Waals surface area contributed by atoms with Crippen molar-refractivity contribution in [3.8, 4) is 11.5 Å². The van der Waals surface area contributed by atoms with Crippen molar-refractivity contribution in [2.24, 2.45) is 0 Å². The van der Waals surface area contributed by atoms with Crippen LogP contribution in [0.1, 0.15) is 11.1 Å². The van der Waals surface area contributed by atoms with Crippen LogP contribution in [0, 0.1) is 0 Å². The molecule has 1 N–H and O–H groups in total. The third kappa shape index (κ3) is 4.19. The number of rotatable bonds is 6. The summed E-state index contributed by atoms with van der Waals surface area (Å²) in [5, 5.41) is 2.74. The molecule has 9 heteroatoms. The number of para-hydroxylation sites is 1. The molecule has 0 saturated heterocycles. The standard InChI is InChI=1S/C25H19F3N2O4/c1-33-18-10-6-9-17(14-18)30-23(31)21(19-11-3-4-12-20(19)34-2)22(24(30)32)29-16-8-5-7-15(13-16)25(26,27)28/h3-14,29H,1-2H3. The van der Waals surface area contributed by atoms with E-state index in [4.69, 9.17) is 9.47 Å². The Hall–Kier alpha value is -4.27. The zero-order chi connectivity index (χ0) is 24.5. The smallest absolute Gasteiger partial charge is 0.416 e. The van der Waals surface area contributed by atoms with Crippen LogP contribution in [0.4, 0.5) is 24.5 Å². The normalized spacial score (nSPS) is 14.0. The van der Waals surface area contributed by atoms with Gasteiger partial charge in [0.15, 0.2) is 0 Å². The Bertz CT molecular complexity index is 1300. The number of halogens is 3. The predicted molar refractivity (Wildman–Crippen MR) is 120 cm³/mol. The molecular formula is C25H19F3N2O4. The largest absolute Gasteiger partial charge is 0.497 e. The first-order valence-corrected chi connectivity index (χ1v) is 10.1. The minimum Gasteiger partial charge on any atom is -0.497 e. The zero-order valence-electron chi connectivity index (χ0n) is 18.1. The summed E-state index contributed by atoms with van der Waals surface area (Å²) in [6, 6.07) is 17.3. The van der Waals surface area contributed by atoms with Gasteiger partial charge in [0.1, 0.15) is 17.2 Å². The van der Waals surface area contributed by atoms with Crippen LogP contribution in [-0.4, -0.2) is 26.0 Å². The van der Waals surface area contributed by atoms with Gasteiger partial charge in [-0.3, -0.25) is 9.59 Å². The SMILES string of the molecule is COc1cccc(N2C(=O)C(Nc3cccc(C(F)(F)F)c3)=C(c3ccccc3OC)C2=O)c1. The van der Waals surface area contributed by atoms with Gasteiger partial charge in [0.25, 0.3) is 11.8 Å².